The van der Waals surface area contributed by atoms with E-state index in [-0.39, 0.29) is 12.2 Å². The average molecular weight is 357 g/mol. The molecule has 0 spiro atoms. The number of hydrogen-bond acceptors (Lipinski definition) is 2. The Kier molecular flexibility index (Phi) is 8.39. The molecule has 2 aromatic rings. The standard InChI is InChI=1S/C22H31NO3/c1-2-3-4-5-6-7-8-14-21(24)19-17-23(16-11-15-22(25)26)20-13-10-9-12-18(19)20/h9-10,12-13,17H,2-8,11,14-16H2,1H3,(H,25,26). The van der Waals surface area contributed by atoms with Gasteiger partial charge in [-0.2, -0.15) is 0 Å². The average Bonchev–Trinajstić information content (AvgIpc) is 2.99. The van der Waals surface area contributed by atoms with Crippen LogP contribution in [0.2, 0.25) is 0 Å². The number of hydrogen-bond donors (Lipinski definition) is 1. The highest BCUT2D eigenvalue weighted by Gasteiger charge is 2.14. The number of para-hydroxylation sites is 1. The van der Waals surface area contributed by atoms with Crippen LogP contribution in [0.3, 0.4) is 0 Å². The maximum Gasteiger partial charge on any atom is 0.303 e. The second kappa shape index (κ2) is 10.8. The van der Waals surface area contributed by atoms with Crippen molar-refractivity contribution in [2.24, 2.45) is 0 Å². The Labute approximate surface area is 156 Å². The van der Waals surface area contributed by atoms with Crippen LogP contribution in [0, 0.1) is 0 Å². The Balaban J connectivity index is 1.93. The van der Waals surface area contributed by atoms with Crippen LogP contribution < -0.4 is 0 Å². The number of aryl methyl sites for hydroxylation is 1. The van der Waals surface area contributed by atoms with Gasteiger partial charge in [-0.3, -0.25) is 9.59 Å². The van der Waals surface area contributed by atoms with E-state index in [1.165, 1.54) is 32.1 Å². The number of Topliss-reactive ketones (excluding diaryl/α,β-unsaturated/α-hetero) is 1. The molecule has 0 aliphatic carbocycles. The topological polar surface area (TPSA) is 59.3 Å². The zero-order valence-electron chi connectivity index (χ0n) is 15.9. The van der Waals surface area contributed by atoms with Gasteiger partial charge in [0.1, 0.15) is 0 Å². The molecule has 0 aliphatic heterocycles. The normalized spacial score (nSPS) is 11.1. The summed E-state index contributed by atoms with van der Waals surface area (Å²) in [6.07, 6.45) is 11.6. The summed E-state index contributed by atoms with van der Waals surface area (Å²) in [6, 6.07) is 7.90. The van der Waals surface area contributed by atoms with Gasteiger partial charge in [0.05, 0.1) is 0 Å². The van der Waals surface area contributed by atoms with Gasteiger partial charge in [-0.15, -0.1) is 0 Å². The Bertz CT molecular complexity index is 717. The molecule has 0 bridgehead atoms. The predicted molar refractivity (Wildman–Crippen MR) is 106 cm³/mol. The molecule has 0 amide bonds. The SMILES string of the molecule is CCCCCCCCCC(=O)c1cn(CCCC(=O)O)c2ccccc12. The Morgan fingerprint density at radius 3 is 2.35 bits per heavy atom. The molecule has 0 saturated carbocycles. The van der Waals surface area contributed by atoms with Crippen LogP contribution in [-0.2, 0) is 11.3 Å². The van der Waals surface area contributed by atoms with E-state index in [4.69, 9.17) is 5.11 Å². The first-order chi connectivity index (χ1) is 12.6. The number of carboxylic acids is 1. The van der Waals surface area contributed by atoms with Crippen LogP contribution >= 0.6 is 0 Å². The summed E-state index contributed by atoms with van der Waals surface area (Å²) < 4.78 is 2.02. The molecule has 1 heterocycles. The number of carbonyl (C=O) groups excluding carboxylic acids is 1. The van der Waals surface area contributed by atoms with Crippen molar-refractivity contribution < 1.29 is 14.7 Å². The Morgan fingerprint density at radius 2 is 1.62 bits per heavy atom. The van der Waals surface area contributed by atoms with Gasteiger partial charge in [0.2, 0.25) is 0 Å². The molecular weight excluding hydrogens is 326 g/mol. The number of nitrogens with zero attached hydrogens (tertiary/aromatic N) is 1. The largest absolute Gasteiger partial charge is 0.481 e. The van der Waals surface area contributed by atoms with Crippen molar-refractivity contribution in [3.63, 3.8) is 0 Å². The van der Waals surface area contributed by atoms with Crippen molar-refractivity contribution in [1.29, 1.82) is 0 Å². The van der Waals surface area contributed by atoms with Gasteiger partial charge in [0.25, 0.3) is 0 Å². The number of ketones is 1. The van der Waals surface area contributed by atoms with Crippen LogP contribution in [0.15, 0.2) is 30.5 Å². The van der Waals surface area contributed by atoms with Gasteiger partial charge in [-0.25, -0.2) is 0 Å². The number of carboxylic acid groups (broad SMARTS) is 1. The van der Waals surface area contributed by atoms with Crippen molar-refractivity contribution in [1.82, 2.24) is 4.57 Å². The molecule has 142 valence electrons. The maximum absolute atomic E-state index is 12.7. The van der Waals surface area contributed by atoms with Gasteiger partial charge in [0, 0.05) is 42.0 Å². The van der Waals surface area contributed by atoms with Crippen LogP contribution in [-0.4, -0.2) is 21.4 Å². The molecule has 26 heavy (non-hydrogen) atoms. The van der Waals surface area contributed by atoms with Crippen LogP contribution in [0.1, 0.15) is 81.5 Å². The molecule has 0 unspecified atom stereocenters. The van der Waals surface area contributed by atoms with Gasteiger partial charge in [-0.05, 0) is 18.9 Å². The summed E-state index contributed by atoms with van der Waals surface area (Å²) >= 11 is 0. The van der Waals surface area contributed by atoms with E-state index in [9.17, 15) is 9.59 Å². The van der Waals surface area contributed by atoms with Crippen molar-refractivity contribution >= 4 is 22.7 Å². The summed E-state index contributed by atoms with van der Waals surface area (Å²) in [4.78, 5) is 23.4. The fourth-order valence-corrected chi connectivity index (χ4v) is 3.43. The highest BCUT2D eigenvalue weighted by atomic mass is 16.4. The summed E-state index contributed by atoms with van der Waals surface area (Å²) in [6.45, 7) is 2.84. The number of fused-ring (bicyclic) bond motifs is 1. The van der Waals surface area contributed by atoms with Gasteiger partial charge in [-0.1, -0.05) is 63.6 Å². The Morgan fingerprint density at radius 1 is 0.923 bits per heavy atom. The number of benzene rings is 1. The van der Waals surface area contributed by atoms with Crippen molar-refractivity contribution in [2.45, 2.75) is 77.7 Å². The van der Waals surface area contributed by atoms with Crippen molar-refractivity contribution in [2.75, 3.05) is 0 Å². The lowest BCUT2D eigenvalue weighted by Gasteiger charge is -2.03. The molecule has 0 radical (unpaired) electrons. The first kappa shape index (κ1) is 20.2. The Hall–Kier alpha value is -2.10. The molecule has 1 aromatic heterocycles. The lowest BCUT2D eigenvalue weighted by molar-refractivity contribution is -0.137. The summed E-state index contributed by atoms with van der Waals surface area (Å²) in [5, 5.41) is 9.81. The summed E-state index contributed by atoms with van der Waals surface area (Å²) in [5.41, 5.74) is 1.79. The minimum absolute atomic E-state index is 0.147. The fraction of sp³-hybridized carbons (Fsp3) is 0.545. The molecule has 1 N–H and O–H groups in total. The summed E-state index contributed by atoms with van der Waals surface area (Å²) in [7, 11) is 0. The van der Waals surface area contributed by atoms with E-state index in [1.807, 2.05) is 35.0 Å². The maximum atomic E-state index is 12.7. The second-order valence-corrected chi connectivity index (χ2v) is 7.05. The molecule has 4 nitrogen and oxygen atoms in total. The zero-order chi connectivity index (χ0) is 18.8. The minimum Gasteiger partial charge on any atom is -0.481 e. The van der Waals surface area contributed by atoms with Gasteiger partial charge < -0.3 is 9.67 Å². The molecule has 1 aromatic carbocycles. The monoisotopic (exact) mass is 357 g/mol. The van der Waals surface area contributed by atoms with Gasteiger partial charge >= 0.3 is 5.97 Å². The number of aliphatic carboxylic acids is 1. The van der Waals surface area contributed by atoms with E-state index < -0.39 is 5.97 Å². The molecule has 0 aliphatic rings. The van der Waals surface area contributed by atoms with E-state index in [1.54, 1.807) is 0 Å². The minimum atomic E-state index is -0.781. The number of rotatable bonds is 13. The van der Waals surface area contributed by atoms with E-state index in [0.717, 1.165) is 29.3 Å². The third kappa shape index (κ3) is 6.01. The number of unbranched alkanes of at least 4 members (excludes halogenated alkanes) is 6. The van der Waals surface area contributed by atoms with Crippen LogP contribution in [0.4, 0.5) is 0 Å². The molecular formula is C22H31NO3. The van der Waals surface area contributed by atoms with Crippen molar-refractivity contribution in [3.05, 3.63) is 36.0 Å². The van der Waals surface area contributed by atoms with Crippen molar-refractivity contribution in [3.8, 4) is 0 Å². The lowest BCUT2D eigenvalue weighted by Crippen LogP contribution is -2.01. The third-order valence-corrected chi connectivity index (χ3v) is 4.89. The number of aromatic nitrogens is 1. The quantitative estimate of drug-likeness (QED) is 0.362. The molecule has 2 rings (SSSR count). The zero-order valence-corrected chi connectivity index (χ0v) is 15.9. The van der Waals surface area contributed by atoms with E-state index in [0.29, 0.717) is 19.4 Å². The molecule has 0 fully saturated rings. The first-order valence-corrected chi connectivity index (χ1v) is 9.96. The third-order valence-electron chi connectivity index (χ3n) is 4.89. The predicted octanol–water partition coefficient (Wildman–Crippen LogP) is 5.83. The highest BCUT2D eigenvalue weighted by molar-refractivity contribution is 6.08. The van der Waals surface area contributed by atoms with E-state index in [2.05, 4.69) is 6.92 Å². The molecule has 4 heteroatoms. The fourth-order valence-electron chi connectivity index (χ4n) is 3.43. The van der Waals surface area contributed by atoms with E-state index >= 15 is 0 Å². The summed E-state index contributed by atoms with van der Waals surface area (Å²) in [5.74, 6) is -0.580. The smallest absolute Gasteiger partial charge is 0.303 e. The number of carbonyl (C=O) groups is 2. The van der Waals surface area contributed by atoms with Crippen LogP contribution in [0.25, 0.3) is 10.9 Å². The second-order valence-electron chi connectivity index (χ2n) is 7.05. The van der Waals surface area contributed by atoms with Crippen LogP contribution in [0.5, 0.6) is 0 Å². The first-order valence-electron chi connectivity index (χ1n) is 9.96. The highest BCUT2D eigenvalue weighted by Crippen LogP contribution is 2.24. The van der Waals surface area contributed by atoms with Gasteiger partial charge in [0.15, 0.2) is 5.78 Å². The molecule has 0 saturated heterocycles. The molecule has 0 atom stereocenters. The lowest BCUT2D eigenvalue weighted by atomic mass is 10.0.